The molecule has 1 aromatic heterocycles. The van der Waals surface area contributed by atoms with Gasteiger partial charge < -0.3 is 9.47 Å². The fourth-order valence-electron chi connectivity index (χ4n) is 1.10. The van der Waals surface area contributed by atoms with Crippen LogP contribution in [0.4, 0.5) is 0 Å². The van der Waals surface area contributed by atoms with Gasteiger partial charge in [0.2, 0.25) is 11.2 Å². The number of rotatable bonds is 6. The molecule has 0 amide bonds. The van der Waals surface area contributed by atoms with Gasteiger partial charge in [-0.15, -0.1) is 0 Å². The smallest absolute Gasteiger partial charge is 0.225 e. The summed E-state index contributed by atoms with van der Waals surface area (Å²) in [6, 6.07) is 1.74. The number of hydrogen-bond donors (Lipinski definition) is 0. The van der Waals surface area contributed by atoms with Crippen molar-refractivity contribution >= 4 is 11.6 Å². The molecule has 0 unspecified atom stereocenters. The average molecular weight is 245 g/mol. The monoisotopic (exact) mass is 244 g/mol. The minimum Gasteiger partial charge on any atom is -0.475 e. The highest BCUT2D eigenvalue weighted by atomic mass is 35.5. The molecule has 0 aromatic carbocycles. The molecule has 0 saturated heterocycles. The minimum atomic E-state index is 0.207. The van der Waals surface area contributed by atoms with Gasteiger partial charge in [0, 0.05) is 18.4 Å². The quantitative estimate of drug-likeness (QED) is 0.570. The normalized spacial score (nSPS) is 10.8. The summed E-state index contributed by atoms with van der Waals surface area (Å²) in [6.07, 6.45) is 0. The summed E-state index contributed by atoms with van der Waals surface area (Å²) in [7, 11) is 0. The van der Waals surface area contributed by atoms with Crippen molar-refractivity contribution in [2.24, 2.45) is 5.92 Å². The number of aryl methyl sites for hydroxylation is 1. The van der Waals surface area contributed by atoms with E-state index in [0.717, 1.165) is 12.3 Å². The molecule has 0 aliphatic carbocycles. The molecule has 0 aliphatic rings. The van der Waals surface area contributed by atoms with E-state index in [0.29, 0.717) is 25.0 Å². The number of hydrogen-bond acceptors (Lipinski definition) is 4. The summed E-state index contributed by atoms with van der Waals surface area (Å²) in [5.74, 6) is 1.03. The second-order valence-electron chi connectivity index (χ2n) is 3.93. The lowest BCUT2D eigenvalue weighted by Crippen LogP contribution is -2.11. The lowest BCUT2D eigenvalue weighted by molar-refractivity contribution is 0.0805. The van der Waals surface area contributed by atoms with Crippen LogP contribution in [0.3, 0.4) is 0 Å². The van der Waals surface area contributed by atoms with E-state index in [9.17, 15) is 0 Å². The molecule has 1 aromatic rings. The Labute approximate surface area is 101 Å². The first-order valence-electron chi connectivity index (χ1n) is 5.29. The van der Waals surface area contributed by atoms with Crippen LogP contribution in [0.15, 0.2) is 6.07 Å². The van der Waals surface area contributed by atoms with E-state index in [1.54, 1.807) is 6.07 Å². The Kier molecular flexibility index (Phi) is 5.49. The van der Waals surface area contributed by atoms with Crippen LogP contribution in [0.25, 0.3) is 0 Å². The molecule has 0 N–H and O–H groups in total. The van der Waals surface area contributed by atoms with E-state index in [4.69, 9.17) is 21.1 Å². The topological polar surface area (TPSA) is 44.2 Å². The molecule has 0 fully saturated rings. The lowest BCUT2D eigenvalue weighted by atomic mass is 10.2. The summed E-state index contributed by atoms with van der Waals surface area (Å²) >= 11 is 5.70. The maximum absolute atomic E-state index is 5.70. The molecule has 0 spiro atoms. The number of ether oxygens (including phenoxy) is 2. The molecule has 0 atom stereocenters. The van der Waals surface area contributed by atoms with E-state index in [1.165, 1.54) is 0 Å². The first-order chi connectivity index (χ1) is 7.58. The summed E-state index contributed by atoms with van der Waals surface area (Å²) in [4.78, 5) is 7.89. The molecule has 0 bridgehead atoms. The second kappa shape index (κ2) is 6.66. The number of halogens is 1. The Balaban J connectivity index is 2.26. The standard InChI is InChI=1S/C11H17ClN2O2/c1-8(2)7-15-4-5-16-10-6-9(3)13-11(12)14-10/h6,8H,4-5,7H2,1-3H3. The Morgan fingerprint density at radius 2 is 2.06 bits per heavy atom. The van der Waals surface area contributed by atoms with Gasteiger partial charge in [-0.05, 0) is 24.4 Å². The van der Waals surface area contributed by atoms with E-state index in [-0.39, 0.29) is 5.28 Å². The Bertz CT molecular complexity index is 312. The van der Waals surface area contributed by atoms with Gasteiger partial charge in [-0.2, -0.15) is 4.98 Å². The Morgan fingerprint density at radius 3 is 2.69 bits per heavy atom. The van der Waals surface area contributed by atoms with Crippen LogP contribution in [-0.4, -0.2) is 29.8 Å². The van der Waals surface area contributed by atoms with Crippen molar-refractivity contribution in [3.8, 4) is 5.88 Å². The molecule has 1 heterocycles. The summed E-state index contributed by atoms with van der Waals surface area (Å²) in [6.45, 7) is 7.82. The fraction of sp³-hybridized carbons (Fsp3) is 0.636. The molecule has 0 saturated carbocycles. The van der Waals surface area contributed by atoms with Crippen LogP contribution in [-0.2, 0) is 4.74 Å². The van der Waals surface area contributed by atoms with Crippen molar-refractivity contribution in [2.45, 2.75) is 20.8 Å². The highest BCUT2D eigenvalue weighted by molar-refractivity contribution is 6.28. The maximum Gasteiger partial charge on any atom is 0.225 e. The van der Waals surface area contributed by atoms with Crippen molar-refractivity contribution in [1.29, 1.82) is 0 Å². The van der Waals surface area contributed by atoms with E-state index < -0.39 is 0 Å². The summed E-state index contributed by atoms with van der Waals surface area (Å²) in [5.41, 5.74) is 0.790. The molecule has 1 rings (SSSR count). The van der Waals surface area contributed by atoms with Crippen molar-refractivity contribution in [2.75, 3.05) is 19.8 Å². The molecule has 0 aliphatic heterocycles. The largest absolute Gasteiger partial charge is 0.475 e. The Morgan fingerprint density at radius 1 is 1.31 bits per heavy atom. The molecule has 90 valence electrons. The third kappa shape index (κ3) is 5.28. The zero-order valence-corrected chi connectivity index (χ0v) is 10.6. The predicted molar refractivity (Wildman–Crippen MR) is 62.9 cm³/mol. The molecule has 16 heavy (non-hydrogen) atoms. The van der Waals surface area contributed by atoms with Gasteiger partial charge in [-0.1, -0.05) is 13.8 Å². The van der Waals surface area contributed by atoms with Gasteiger partial charge in [0.15, 0.2) is 0 Å². The number of aromatic nitrogens is 2. The molecular formula is C11H17ClN2O2. The number of nitrogens with zero attached hydrogens (tertiary/aromatic N) is 2. The maximum atomic E-state index is 5.70. The molecule has 0 radical (unpaired) electrons. The fourth-order valence-corrected chi connectivity index (χ4v) is 1.32. The van der Waals surface area contributed by atoms with Gasteiger partial charge >= 0.3 is 0 Å². The SMILES string of the molecule is Cc1cc(OCCOCC(C)C)nc(Cl)n1. The van der Waals surface area contributed by atoms with Crippen LogP contribution in [0.5, 0.6) is 5.88 Å². The highest BCUT2D eigenvalue weighted by Gasteiger charge is 2.01. The van der Waals surface area contributed by atoms with Crippen LogP contribution >= 0.6 is 11.6 Å². The zero-order valence-electron chi connectivity index (χ0n) is 9.86. The Hall–Kier alpha value is -0.870. The van der Waals surface area contributed by atoms with Gasteiger partial charge in [-0.3, -0.25) is 0 Å². The van der Waals surface area contributed by atoms with Crippen molar-refractivity contribution in [3.05, 3.63) is 17.0 Å². The zero-order chi connectivity index (χ0) is 12.0. The van der Waals surface area contributed by atoms with Crippen molar-refractivity contribution in [1.82, 2.24) is 9.97 Å². The second-order valence-corrected chi connectivity index (χ2v) is 4.27. The van der Waals surface area contributed by atoms with E-state index >= 15 is 0 Å². The third-order valence-electron chi connectivity index (χ3n) is 1.73. The van der Waals surface area contributed by atoms with Crippen LogP contribution in [0, 0.1) is 12.8 Å². The summed E-state index contributed by atoms with van der Waals surface area (Å²) < 4.78 is 10.8. The highest BCUT2D eigenvalue weighted by Crippen LogP contribution is 2.11. The van der Waals surface area contributed by atoms with Crippen LogP contribution in [0.2, 0.25) is 5.28 Å². The molecule has 5 heteroatoms. The first kappa shape index (κ1) is 13.2. The van der Waals surface area contributed by atoms with Gasteiger partial charge in [0.25, 0.3) is 0 Å². The molecule has 4 nitrogen and oxygen atoms in total. The predicted octanol–water partition coefficient (Wildman–Crippen LogP) is 2.49. The van der Waals surface area contributed by atoms with Gasteiger partial charge in [0.05, 0.1) is 6.61 Å². The minimum absolute atomic E-state index is 0.207. The van der Waals surface area contributed by atoms with Crippen molar-refractivity contribution in [3.63, 3.8) is 0 Å². The summed E-state index contributed by atoms with van der Waals surface area (Å²) in [5, 5.41) is 0.207. The van der Waals surface area contributed by atoms with Gasteiger partial charge in [0.1, 0.15) is 6.61 Å². The van der Waals surface area contributed by atoms with E-state index in [2.05, 4.69) is 23.8 Å². The molecular weight excluding hydrogens is 228 g/mol. The first-order valence-corrected chi connectivity index (χ1v) is 5.67. The van der Waals surface area contributed by atoms with Crippen LogP contribution < -0.4 is 4.74 Å². The van der Waals surface area contributed by atoms with Crippen LogP contribution in [0.1, 0.15) is 19.5 Å². The lowest BCUT2D eigenvalue weighted by Gasteiger charge is -2.08. The van der Waals surface area contributed by atoms with Gasteiger partial charge in [-0.25, -0.2) is 4.98 Å². The van der Waals surface area contributed by atoms with Crippen molar-refractivity contribution < 1.29 is 9.47 Å². The van der Waals surface area contributed by atoms with E-state index in [1.807, 2.05) is 6.92 Å². The average Bonchev–Trinajstić information content (AvgIpc) is 2.15. The third-order valence-corrected chi connectivity index (χ3v) is 1.90.